The Morgan fingerprint density at radius 1 is 1.27 bits per heavy atom. The van der Waals surface area contributed by atoms with Crippen LogP contribution in [-0.4, -0.2) is 19.5 Å². The van der Waals surface area contributed by atoms with Crippen molar-refractivity contribution in [2.45, 2.75) is 31.6 Å². The Morgan fingerprint density at radius 2 is 1.95 bits per heavy atom. The molecule has 1 heterocycles. The number of aryl methyl sites for hydroxylation is 1. The zero-order chi connectivity index (χ0) is 16.2. The predicted octanol–water partition coefficient (Wildman–Crippen LogP) is 2.52. The summed E-state index contributed by atoms with van der Waals surface area (Å²) in [5, 5.41) is 6.27. The monoisotopic (exact) mass is 323 g/mol. The Hall–Kier alpha value is -2.35. The number of sulfonamides is 1. The molecule has 0 aliphatic carbocycles. The summed E-state index contributed by atoms with van der Waals surface area (Å²) in [7, 11) is -3.74. The minimum Gasteiger partial charge on any atom is -0.360 e. The number of nitrogens with zero attached hydrogens (tertiary/aromatic N) is 1. The lowest BCUT2D eigenvalue weighted by Crippen LogP contribution is -2.14. The molecule has 1 aromatic heterocycles. The highest BCUT2D eigenvalue weighted by molar-refractivity contribution is 7.92. The molecular formula is C14H17N3O4S. The third-order valence-corrected chi connectivity index (χ3v) is 4.16. The Kier molecular flexibility index (Phi) is 4.81. The van der Waals surface area contributed by atoms with Gasteiger partial charge in [-0.1, -0.05) is 12.1 Å². The van der Waals surface area contributed by atoms with Crippen LogP contribution in [0.2, 0.25) is 0 Å². The van der Waals surface area contributed by atoms with E-state index in [4.69, 9.17) is 4.52 Å². The van der Waals surface area contributed by atoms with Crippen molar-refractivity contribution in [3.63, 3.8) is 0 Å². The molecule has 0 saturated carbocycles. The van der Waals surface area contributed by atoms with Crippen molar-refractivity contribution >= 4 is 27.4 Å². The molecule has 8 heteroatoms. The van der Waals surface area contributed by atoms with Gasteiger partial charge in [0, 0.05) is 18.2 Å². The lowest BCUT2D eigenvalue weighted by molar-refractivity contribution is -0.116. The summed E-state index contributed by atoms with van der Waals surface area (Å²) >= 11 is 0. The third-order valence-electron chi connectivity index (χ3n) is 2.79. The standard InChI is InChI=1S/C14H17N3O4S/c1-3-4-14(18)15-11-5-7-12(8-6-11)22(19,20)17-13-9-10(2)21-16-13/h5-9H,3-4H2,1-2H3,(H,15,18)(H,16,17). The minimum absolute atomic E-state index is 0.0710. The SMILES string of the molecule is CCCC(=O)Nc1ccc(S(=O)(=O)Nc2cc(C)on2)cc1. The van der Waals surface area contributed by atoms with E-state index >= 15 is 0 Å². The van der Waals surface area contributed by atoms with E-state index in [9.17, 15) is 13.2 Å². The molecule has 2 aromatic rings. The number of nitrogens with one attached hydrogen (secondary N) is 2. The molecule has 2 rings (SSSR count). The number of hydrogen-bond donors (Lipinski definition) is 2. The lowest BCUT2D eigenvalue weighted by atomic mass is 10.3. The first-order valence-electron chi connectivity index (χ1n) is 6.77. The molecule has 22 heavy (non-hydrogen) atoms. The summed E-state index contributed by atoms with van der Waals surface area (Å²) in [6.07, 6.45) is 1.17. The van der Waals surface area contributed by atoms with E-state index in [2.05, 4.69) is 15.2 Å². The van der Waals surface area contributed by atoms with Crippen LogP contribution in [0, 0.1) is 6.92 Å². The van der Waals surface area contributed by atoms with Gasteiger partial charge in [0.15, 0.2) is 5.82 Å². The highest BCUT2D eigenvalue weighted by Gasteiger charge is 2.16. The van der Waals surface area contributed by atoms with Gasteiger partial charge in [-0.2, -0.15) is 0 Å². The van der Waals surface area contributed by atoms with Crippen molar-refractivity contribution in [2.24, 2.45) is 0 Å². The van der Waals surface area contributed by atoms with Crippen molar-refractivity contribution in [3.8, 4) is 0 Å². The summed E-state index contributed by atoms with van der Waals surface area (Å²) < 4.78 is 31.5. The van der Waals surface area contributed by atoms with Gasteiger partial charge in [0.25, 0.3) is 10.0 Å². The summed E-state index contributed by atoms with van der Waals surface area (Å²) in [6, 6.07) is 7.39. The molecule has 0 fully saturated rings. The molecule has 0 spiro atoms. The number of benzene rings is 1. The fraction of sp³-hybridized carbons (Fsp3) is 0.286. The van der Waals surface area contributed by atoms with Crippen LogP contribution in [0.4, 0.5) is 11.5 Å². The molecule has 118 valence electrons. The van der Waals surface area contributed by atoms with E-state index in [0.29, 0.717) is 17.9 Å². The Balaban J connectivity index is 2.10. The van der Waals surface area contributed by atoms with E-state index < -0.39 is 10.0 Å². The van der Waals surface area contributed by atoms with Crippen molar-refractivity contribution < 1.29 is 17.7 Å². The van der Waals surface area contributed by atoms with E-state index in [1.54, 1.807) is 6.92 Å². The quantitative estimate of drug-likeness (QED) is 0.850. The first-order chi connectivity index (χ1) is 10.4. The van der Waals surface area contributed by atoms with Crippen molar-refractivity contribution in [2.75, 3.05) is 10.0 Å². The van der Waals surface area contributed by atoms with Crippen LogP contribution >= 0.6 is 0 Å². The summed E-state index contributed by atoms with van der Waals surface area (Å²) in [6.45, 7) is 3.57. The molecule has 0 saturated heterocycles. The van der Waals surface area contributed by atoms with E-state index in [1.807, 2.05) is 6.92 Å². The van der Waals surface area contributed by atoms with Crippen molar-refractivity contribution in [1.82, 2.24) is 5.16 Å². The summed E-state index contributed by atoms with van der Waals surface area (Å²) in [4.78, 5) is 11.5. The van der Waals surface area contributed by atoms with Crippen LogP contribution in [0.3, 0.4) is 0 Å². The Bertz CT molecular complexity index is 751. The van der Waals surface area contributed by atoms with Crippen molar-refractivity contribution in [1.29, 1.82) is 0 Å². The fourth-order valence-corrected chi connectivity index (χ4v) is 2.76. The molecule has 0 unspecified atom stereocenters. The van der Waals surface area contributed by atoms with Crippen molar-refractivity contribution in [3.05, 3.63) is 36.1 Å². The van der Waals surface area contributed by atoms with Gasteiger partial charge in [-0.05, 0) is 37.6 Å². The molecular weight excluding hydrogens is 306 g/mol. The van der Waals surface area contributed by atoms with Crippen LogP contribution in [-0.2, 0) is 14.8 Å². The number of hydrogen-bond acceptors (Lipinski definition) is 5. The number of amides is 1. The topological polar surface area (TPSA) is 101 Å². The molecule has 0 bridgehead atoms. The Morgan fingerprint density at radius 3 is 2.50 bits per heavy atom. The fourth-order valence-electron chi connectivity index (χ4n) is 1.78. The van der Waals surface area contributed by atoms with Gasteiger partial charge in [0.2, 0.25) is 5.91 Å². The molecule has 0 aliphatic heterocycles. The first-order valence-corrected chi connectivity index (χ1v) is 8.25. The molecule has 0 aliphatic rings. The maximum Gasteiger partial charge on any atom is 0.263 e. The van der Waals surface area contributed by atoms with Gasteiger partial charge in [0.05, 0.1) is 4.90 Å². The number of anilines is 2. The number of rotatable bonds is 6. The highest BCUT2D eigenvalue weighted by Crippen LogP contribution is 2.18. The van der Waals surface area contributed by atoms with E-state index in [-0.39, 0.29) is 16.6 Å². The smallest absolute Gasteiger partial charge is 0.263 e. The second-order valence-electron chi connectivity index (χ2n) is 4.75. The molecule has 1 amide bonds. The van der Waals surface area contributed by atoms with Gasteiger partial charge in [0.1, 0.15) is 5.76 Å². The van der Waals surface area contributed by atoms with Gasteiger partial charge in [-0.25, -0.2) is 8.42 Å². The highest BCUT2D eigenvalue weighted by atomic mass is 32.2. The maximum absolute atomic E-state index is 12.2. The lowest BCUT2D eigenvalue weighted by Gasteiger charge is -2.07. The van der Waals surface area contributed by atoms with Crippen LogP contribution < -0.4 is 10.0 Å². The zero-order valence-electron chi connectivity index (χ0n) is 12.3. The average molecular weight is 323 g/mol. The molecule has 0 atom stereocenters. The predicted molar refractivity (Wildman–Crippen MR) is 82.0 cm³/mol. The summed E-state index contributed by atoms with van der Waals surface area (Å²) in [5.74, 6) is 0.527. The van der Waals surface area contributed by atoms with Gasteiger partial charge < -0.3 is 9.84 Å². The molecule has 7 nitrogen and oxygen atoms in total. The largest absolute Gasteiger partial charge is 0.360 e. The molecule has 1 aromatic carbocycles. The number of carbonyl (C=O) groups is 1. The third kappa shape index (κ3) is 4.08. The second-order valence-corrected chi connectivity index (χ2v) is 6.43. The molecule has 2 N–H and O–H groups in total. The van der Waals surface area contributed by atoms with Crippen LogP contribution in [0.15, 0.2) is 39.8 Å². The first kappa shape index (κ1) is 16.0. The average Bonchev–Trinajstić information content (AvgIpc) is 2.84. The zero-order valence-corrected chi connectivity index (χ0v) is 13.1. The maximum atomic E-state index is 12.2. The number of aromatic nitrogens is 1. The number of carbonyl (C=O) groups excluding carboxylic acids is 1. The van der Waals surface area contributed by atoms with Gasteiger partial charge >= 0.3 is 0 Å². The van der Waals surface area contributed by atoms with E-state index in [1.165, 1.54) is 30.3 Å². The Labute approximate surface area is 128 Å². The van der Waals surface area contributed by atoms with Crippen LogP contribution in [0.1, 0.15) is 25.5 Å². The van der Waals surface area contributed by atoms with Gasteiger partial charge in [-0.15, -0.1) is 0 Å². The molecule has 0 radical (unpaired) electrons. The van der Waals surface area contributed by atoms with Crippen LogP contribution in [0.25, 0.3) is 0 Å². The second kappa shape index (κ2) is 6.61. The normalized spacial score (nSPS) is 11.2. The minimum atomic E-state index is -3.74. The van der Waals surface area contributed by atoms with Crippen LogP contribution in [0.5, 0.6) is 0 Å². The summed E-state index contributed by atoms with van der Waals surface area (Å²) in [5.41, 5.74) is 0.551. The van der Waals surface area contributed by atoms with Gasteiger partial charge in [-0.3, -0.25) is 9.52 Å². The van der Waals surface area contributed by atoms with E-state index in [0.717, 1.165) is 6.42 Å².